The van der Waals surface area contributed by atoms with Gasteiger partial charge < -0.3 is 14.6 Å². The average Bonchev–Trinajstić information content (AvgIpc) is 3.31. The van der Waals surface area contributed by atoms with E-state index in [2.05, 4.69) is 29.6 Å². The van der Waals surface area contributed by atoms with Crippen molar-refractivity contribution >= 4 is 17.5 Å². The topological polar surface area (TPSA) is 62.6 Å². The summed E-state index contributed by atoms with van der Waals surface area (Å²) in [6.45, 7) is 3.43. The van der Waals surface area contributed by atoms with E-state index in [1.54, 1.807) is 18.2 Å². The lowest BCUT2D eigenvalue weighted by molar-refractivity contribution is 0.0690. The van der Waals surface area contributed by atoms with Crippen LogP contribution in [0.1, 0.15) is 44.9 Å². The molecular formula is C25H26N2O3. The minimum absolute atomic E-state index is 0.0154. The van der Waals surface area contributed by atoms with Crippen LogP contribution in [0.3, 0.4) is 0 Å². The molecule has 0 aliphatic carbocycles. The maximum Gasteiger partial charge on any atom is 0.291 e. The Balaban J connectivity index is 1.38. The van der Waals surface area contributed by atoms with Crippen molar-refractivity contribution in [1.29, 1.82) is 0 Å². The zero-order valence-corrected chi connectivity index (χ0v) is 17.1. The molecule has 4 rings (SSSR count). The Kier molecular flexibility index (Phi) is 5.98. The van der Waals surface area contributed by atoms with Crippen LogP contribution in [-0.4, -0.2) is 29.8 Å². The van der Waals surface area contributed by atoms with Gasteiger partial charge in [0, 0.05) is 24.3 Å². The smallest absolute Gasteiger partial charge is 0.291 e. The Bertz CT molecular complexity index is 1000. The molecule has 2 amide bonds. The molecule has 5 heteroatoms. The first-order valence-corrected chi connectivity index (χ1v) is 10.4. The summed E-state index contributed by atoms with van der Waals surface area (Å²) in [6.07, 6.45) is 4.54. The summed E-state index contributed by atoms with van der Waals surface area (Å²) in [5, 5.41) is 2.84. The highest BCUT2D eigenvalue weighted by molar-refractivity contribution is 6.03. The Morgan fingerprint density at radius 3 is 2.50 bits per heavy atom. The van der Waals surface area contributed by atoms with Gasteiger partial charge in [-0.15, -0.1) is 0 Å². The van der Waals surface area contributed by atoms with Crippen molar-refractivity contribution < 1.29 is 14.0 Å². The lowest BCUT2D eigenvalue weighted by atomic mass is 9.90. The number of furan rings is 1. The summed E-state index contributed by atoms with van der Waals surface area (Å²) in [6, 6.07) is 19.3. The van der Waals surface area contributed by atoms with Gasteiger partial charge in [-0.25, -0.2) is 0 Å². The van der Waals surface area contributed by atoms with Crippen LogP contribution < -0.4 is 5.32 Å². The molecule has 1 N–H and O–H groups in total. The van der Waals surface area contributed by atoms with E-state index < -0.39 is 0 Å². The summed E-state index contributed by atoms with van der Waals surface area (Å²) in [7, 11) is 0. The number of benzene rings is 2. The van der Waals surface area contributed by atoms with Crippen molar-refractivity contribution in [3.8, 4) is 0 Å². The van der Waals surface area contributed by atoms with Crippen LogP contribution in [0.4, 0.5) is 5.69 Å². The molecule has 0 spiro atoms. The number of hydrogen-bond donors (Lipinski definition) is 1. The van der Waals surface area contributed by atoms with Crippen LogP contribution >= 0.6 is 0 Å². The molecule has 1 aromatic heterocycles. The van der Waals surface area contributed by atoms with Crippen LogP contribution in [0.15, 0.2) is 71.3 Å². The fourth-order valence-corrected chi connectivity index (χ4v) is 3.95. The molecule has 2 aromatic carbocycles. The molecular weight excluding hydrogens is 376 g/mol. The summed E-state index contributed by atoms with van der Waals surface area (Å²) in [4.78, 5) is 27.3. The molecule has 0 atom stereocenters. The maximum atomic E-state index is 13.0. The summed E-state index contributed by atoms with van der Waals surface area (Å²) >= 11 is 0. The molecule has 0 radical (unpaired) electrons. The van der Waals surface area contributed by atoms with E-state index in [4.69, 9.17) is 4.42 Å². The van der Waals surface area contributed by atoms with E-state index in [0.29, 0.717) is 17.2 Å². The molecule has 30 heavy (non-hydrogen) atoms. The number of nitrogens with zero attached hydrogens (tertiary/aromatic N) is 1. The van der Waals surface area contributed by atoms with Crippen molar-refractivity contribution in [1.82, 2.24) is 4.90 Å². The van der Waals surface area contributed by atoms with Gasteiger partial charge in [0.2, 0.25) is 0 Å². The summed E-state index contributed by atoms with van der Waals surface area (Å²) in [5.74, 6) is 0.542. The van der Waals surface area contributed by atoms with Crippen molar-refractivity contribution in [3.63, 3.8) is 0 Å². The number of rotatable bonds is 5. The third-order valence-electron chi connectivity index (χ3n) is 5.75. The van der Waals surface area contributed by atoms with E-state index in [1.807, 2.05) is 30.0 Å². The van der Waals surface area contributed by atoms with E-state index in [0.717, 1.165) is 37.9 Å². The molecule has 2 heterocycles. The van der Waals surface area contributed by atoms with Gasteiger partial charge in [0.15, 0.2) is 5.76 Å². The van der Waals surface area contributed by atoms with Crippen molar-refractivity contribution in [2.45, 2.75) is 26.2 Å². The Morgan fingerprint density at radius 2 is 1.80 bits per heavy atom. The second-order valence-corrected chi connectivity index (χ2v) is 7.89. The normalized spacial score (nSPS) is 14.5. The predicted molar refractivity (Wildman–Crippen MR) is 117 cm³/mol. The SMILES string of the molecule is Cc1ccc(C(=O)N2CCC(Cc3ccccc3)CC2)cc1NC(=O)c1ccco1. The molecule has 154 valence electrons. The van der Waals surface area contributed by atoms with Crippen LogP contribution in [0, 0.1) is 12.8 Å². The largest absolute Gasteiger partial charge is 0.459 e. The summed E-state index contributed by atoms with van der Waals surface area (Å²) in [5.41, 5.74) is 3.48. The van der Waals surface area contributed by atoms with Gasteiger partial charge in [0.1, 0.15) is 0 Å². The van der Waals surface area contributed by atoms with E-state index in [1.165, 1.54) is 11.8 Å². The lowest BCUT2D eigenvalue weighted by Gasteiger charge is -2.32. The van der Waals surface area contributed by atoms with Crippen molar-refractivity contribution in [2.24, 2.45) is 5.92 Å². The van der Waals surface area contributed by atoms with Gasteiger partial charge in [0.25, 0.3) is 11.8 Å². The fraction of sp³-hybridized carbons (Fsp3) is 0.280. The zero-order chi connectivity index (χ0) is 20.9. The fourth-order valence-electron chi connectivity index (χ4n) is 3.95. The van der Waals surface area contributed by atoms with Crippen LogP contribution in [-0.2, 0) is 6.42 Å². The van der Waals surface area contributed by atoms with Crippen molar-refractivity contribution in [2.75, 3.05) is 18.4 Å². The Labute approximate surface area is 176 Å². The lowest BCUT2D eigenvalue weighted by Crippen LogP contribution is -2.39. The number of likely N-dealkylation sites (tertiary alicyclic amines) is 1. The number of anilines is 1. The number of aryl methyl sites for hydroxylation is 1. The molecule has 0 bridgehead atoms. The number of piperidine rings is 1. The van der Waals surface area contributed by atoms with Gasteiger partial charge in [-0.2, -0.15) is 0 Å². The third-order valence-corrected chi connectivity index (χ3v) is 5.75. The van der Waals surface area contributed by atoms with Crippen LogP contribution in [0.5, 0.6) is 0 Å². The molecule has 1 saturated heterocycles. The standard InChI is InChI=1S/C25H26N2O3/c1-18-9-10-21(17-22(18)26-24(28)23-8-5-15-30-23)25(29)27-13-11-20(12-14-27)16-19-6-3-2-4-7-19/h2-10,15,17,20H,11-14,16H2,1H3,(H,26,28). The molecule has 1 aliphatic heterocycles. The first kappa shape index (κ1) is 20.0. The minimum atomic E-state index is -0.325. The van der Waals surface area contributed by atoms with Crippen LogP contribution in [0.2, 0.25) is 0 Å². The summed E-state index contributed by atoms with van der Waals surface area (Å²) < 4.78 is 5.15. The molecule has 0 unspecified atom stereocenters. The molecule has 1 aliphatic rings. The number of carbonyl (C=O) groups is 2. The number of amides is 2. The van der Waals surface area contributed by atoms with Gasteiger partial charge in [-0.05, 0) is 67.5 Å². The highest BCUT2D eigenvalue weighted by Gasteiger charge is 2.24. The second-order valence-electron chi connectivity index (χ2n) is 7.89. The van der Waals surface area contributed by atoms with E-state index >= 15 is 0 Å². The number of nitrogens with one attached hydrogen (secondary N) is 1. The molecule has 1 fully saturated rings. The average molecular weight is 402 g/mol. The monoisotopic (exact) mass is 402 g/mol. The van der Waals surface area contributed by atoms with Gasteiger partial charge in [0.05, 0.1) is 6.26 Å². The number of hydrogen-bond acceptors (Lipinski definition) is 3. The Morgan fingerprint density at radius 1 is 1.03 bits per heavy atom. The zero-order valence-electron chi connectivity index (χ0n) is 17.1. The van der Waals surface area contributed by atoms with Gasteiger partial charge >= 0.3 is 0 Å². The second kappa shape index (κ2) is 8.99. The quantitative estimate of drug-likeness (QED) is 0.658. The van der Waals surface area contributed by atoms with Gasteiger partial charge in [-0.3, -0.25) is 9.59 Å². The third kappa shape index (κ3) is 4.62. The van der Waals surface area contributed by atoms with Crippen molar-refractivity contribution in [3.05, 3.63) is 89.4 Å². The predicted octanol–water partition coefficient (Wildman–Crippen LogP) is 4.94. The minimum Gasteiger partial charge on any atom is -0.459 e. The molecule has 3 aromatic rings. The first-order chi connectivity index (χ1) is 14.6. The molecule has 0 saturated carbocycles. The van der Waals surface area contributed by atoms with Crippen LogP contribution in [0.25, 0.3) is 0 Å². The number of carbonyl (C=O) groups excluding carboxylic acids is 2. The molecule has 5 nitrogen and oxygen atoms in total. The van der Waals surface area contributed by atoms with Gasteiger partial charge in [-0.1, -0.05) is 36.4 Å². The van der Waals surface area contributed by atoms with E-state index in [9.17, 15) is 9.59 Å². The maximum absolute atomic E-state index is 13.0. The Hall–Kier alpha value is -3.34. The highest BCUT2D eigenvalue weighted by atomic mass is 16.3. The van der Waals surface area contributed by atoms with E-state index in [-0.39, 0.29) is 17.6 Å². The first-order valence-electron chi connectivity index (χ1n) is 10.4. The highest BCUT2D eigenvalue weighted by Crippen LogP contribution is 2.24.